The third-order valence-corrected chi connectivity index (χ3v) is 5.28. The molecule has 4 heterocycles. The van der Waals surface area contributed by atoms with Crippen molar-refractivity contribution >= 4 is 57.0 Å². The van der Waals surface area contributed by atoms with Crippen molar-refractivity contribution in [3.05, 3.63) is 52.3 Å². The lowest BCUT2D eigenvalue weighted by molar-refractivity contribution is 0.838. The zero-order chi connectivity index (χ0) is 17.6. The van der Waals surface area contributed by atoms with Crippen LogP contribution in [0.3, 0.4) is 0 Å². The average Bonchev–Trinajstić information content (AvgIpc) is 3.00. The smallest absolute Gasteiger partial charge is 0.152 e. The van der Waals surface area contributed by atoms with Gasteiger partial charge in [0.15, 0.2) is 5.82 Å². The normalized spacial score (nSPS) is 17.2. The third kappa shape index (κ3) is 2.97. The molecule has 0 spiro atoms. The second kappa shape index (κ2) is 6.29. The largest absolute Gasteiger partial charge is 0.382 e. The van der Waals surface area contributed by atoms with E-state index in [4.69, 9.17) is 28.9 Å². The molecule has 0 radical (unpaired) electrons. The fourth-order valence-electron chi connectivity index (χ4n) is 2.84. The van der Waals surface area contributed by atoms with Gasteiger partial charge in [-0.2, -0.15) is 0 Å². The summed E-state index contributed by atoms with van der Waals surface area (Å²) in [6.07, 6.45) is 7.19. The molecule has 1 aliphatic rings. The van der Waals surface area contributed by atoms with Crippen molar-refractivity contribution in [2.75, 3.05) is 5.73 Å². The number of fused-ring (bicyclic) bond motifs is 1. The van der Waals surface area contributed by atoms with Gasteiger partial charge in [0.05, 0.1) is 14.9 Å². The molecule has 3 aromatic heterocycles. The van der Waals surface area contributed by atoms with Gasteiger partial charge in [0.25, 0.3) is 0 Å². The number of nitrogen functional groups attached to an aromatic ring is 1. The molecule has 0 fully saturated rings. The van der Waals surface area contributed by atoms with Crippen LogP contribution in [0.2, 0.25) is 4.34 Å². The first kappa shape index (κ1) is 16.3. The fourth-order valence-corrected chi connectivity index (χ4v) is 4.19. The summed E-state index contributed by atoms with van der Waals surface area (Å²) in [4.78, 5) is 14.4. The van der Waals surface area contributed by atoms with Crippen LogP contribution in [0.1, 0.15) is 12.5 Å². The van der Waals surface area contributed by atoms with Crippen LogP contribution in [-0.2, 0) is 0 Å². The summed E-state index contributed by atoms with van der Waals surface area (Å²) in [7, 11) is 0. The second-order valence-electron chi connectivity index (χ2n) is 5.57. The molecule has 0 saturated heterocycles. The van der Waals surface area contributed by atoms with Crippen molar-refractivity contribution < 1.29 is 0 Å². The molecular weight excluding hydrogens is 377 g/mol. The highest BCUT2D eigenvalue weighted by Gasteiger charge is 2.22. The molecule has 3 aromatic rings. The molecule has 4 rings (SSSR count). The number of alkyl halides is 1. The number of nitrogens with one attached hydrogen (secondary N) is 1. The Labute approximate surface area is 158 Å². The first-order chi connectivity index (χ1) is 12.0. The quantitative estimate of drug-likeness (QED) is 0.500. The molecule has 1 aliphatic heterocycles. The summed E-state index contributed by atoms with van der Waals surface area (Å²) in [6, 6.07) is 3.77. The molecule has 0 aromatic carbocycles. The molecule has 0 saturated carbocycles. The minimum absolute atomic E-state index is 0.316. The number of halogens is 2. The lowest BCUT2D eigenvalue weighted by atomic mass is 9.98. The Morgan fingerprint density at radius 1 is 1.20 bits per heavy atom. The Hall–Kier alpha value is -2.15. The van der Waals surface area contributed by atoms with Crippen LogP contribution in [0.15, 0.2) is 42.4 Å². The van der Waals surface area contributed by atoms with Gasteiger partial charge in [-0.3, -0.25) is 4.98 Å². The molecule has 1 atom stereocenters. The Balaban J connectivity index is 2.08. The zero-order valence-corrected chi connectivity index (χ0v) is 15.5. The van der Waals surface area contributed by atoms with E-state index in [9.17, 15) is 0 Å². The Kier molecular flexibility index (Phi) is 4.11. The number of allylic oxidation sites excluding steroid dienone is 3. The summed E-state index contributed by atoms with van der Waals surface area (Å²) in [6.45, 7) is 1.96. The van der Waals surface area contributed by atoms with Gasteiger partial charge in [-0.05, 0) is 36.8 Å². The number of hydrogen-bond acceptors (Lipinski definition) is 6. The van der Waals surface area contributed by atoms with E-state index in [1.807, 2.05) is 31.2 Å². The van der Waals surface area contributed by atoms with Crippen LogP contribution in [0.25, 0.3) is 27.2 Å². The maximum absolute atomic E-state index is 6.31. The maximum atomic E-state index is 6.31. The van der Waals surface area contributed by atoms with E-state index in [2.05, 4.69) is 20.3 Å². The fraction of sp³-hybridized carbons (Fsp3) is 0.118. The Bertz CT molecular complexity index is 1040. The number of pyridine rings is 1. The van der Waals surface area contributed by atoms with Crippen molar-refractivity contribution in [1.29, 1.82) is 0 Å². The third-order valence-electron chi connectivity index (χ3n) is 3.81. The van der Waals surface area contributed by atoms with Gasteiger partial charge in [0, 0.05) is 23.7 Å². The number of nitrogens with two attached hydrogens (primary N) is 1. The van der Waals surface area contributed by atoms with E-state index in [1.54, 1.807) is 12.4 Å². The highest BCUT2D eigenvalue weighted by atomic mass is 35.5. The zero-order valence-electron chi connectivity index (χ0n) is 13.1. The van der Waals surface area contributed by atoms with Gasteiger partial charge in [0.2, 0.25) is 0 Å². The maximum Gasteiger partial charge on any atom is 0.152 e. The van der Waals surface area contributed by atoms with Gasteiger partial charge >= 0.3 is 0 Å². The van der Waals surface area contributed by atoms with E-state index in [-0.39, 0.29) is 5.50 Å². The predicted octanol–water partition coefficient (Wildman–Crippen LogP) is 4.44. The first-order valence-electron chi connectivity index (χ1n) is 7.50. The number of hydrogen-bond donors (Lipinski definition) is 2. The lowest BCUT2D eigenvalue weighted by Gasteiger charge is -2.20. The minimum Gasteiger partial charge on any atom is -0.382 e. The molecule has 5 nitrogen and oxygen atoms in total. The van der Waals surface area contributed by atoms with E-state index < -0.39 is 0 Å². The number of dihydropyridines is 1. The molecule has 0 aliphatic carbocycles. The highest BCUT2D eigenvalue weighted by molar-refractivity contribution is 7.19. The molecule has 126 valence electrons. The van der Waals surface area contributed by atoms with Gasteiger partial charge < -0.3 is 11.1 Å². The summed E-state index contributed by atoms with van der Waals surface area (Å²) in [5, 5.41) is 3.15. The van der Waals surface area contributed by atoms with E-state index in [0.717, 1.165) is 27.4 Å². The van der Waals surface area contributed by atoms with Gasteiger partial charge in [0.1, 0.15) is 16.5 Å². The van der Waals surface area contributed by atoms with Gasteiger partial charge in [-0.15, -0.1) is 11.3 Å². The van der Waals surface area contributed by atoms with Crippen molar-refractivity contribution in [2.24, 2.45) is 0 Å². The topological polar surface area (TPSA) is 76.7 Å². The van der Waals surface area contributed by atoms with Gasteiger partial charge in [-0.25, -0.2) is 9.97 Å². The highest BCUT2D eigenvalue weighted by Crippen LogP contribution is 2.39. The molecule has 1 unspecified atom stereocenters. The Morgan fingerprint density at radius 2 is 1.96 bits per heavy atom. The van der Waals surface area contributed by atoms with Crippen molar-refractivity contribution in [1.82, 2.24) is 20.3 Å². The van der Waals surface area contributed by atoms with E-state index in [1.165, 1.54) is 11.3 Å². The summed E-state index contributed by atoms with van der Waals surface area (Å²) < 4.78 is 0.682. The molecule has 0 bridgehead atoms. The lowest BCUT2D eigenvalue weighted by Crippen LogP contribution is -2.23. The summed E-state index contributed by atoms with van der Waals surface area (Å²) in [5.41, 5.74) is 10.5. The number of nitrogens with zero attached hydrogens (tertiary/aromatic N) is 3. The standard InChI is InChI=1S/C17H13Cl2N5S/c1-8-6-9(7-11(18)23-8)13-14(10-2-3-12(19)25-10)24-17(20)16-15(13)21-4-5-22-16/h2-7,11,23H,1H3,(H2,20,24). The van der Waals surface area contributed by atoms with Crippen LogP contribution in [0, 0.1) is 0 Å². The van der Waals surface area contributed by atoms with Crippen LogP contribution in [0.4, 0.5) is 5.82 Å². The second-order valence-corrected chi connectivity index (χ2v) is 7.76. The molecule has 0 amide bonds. The number of anilines is 1. The SMILES string of the molecule is CC1=CC(c2c(-c3ccc(Cl)s3)nc(N)c3nccnc23)=CC(Cl)N1. The monoisotopic (exact) mass is 389 g/mol. The van der Waals surface area contributed by atoms with E-state index in [0.29, 0.717) is 21.2 Å². The summed E-state index contributed by atoms with van der Waals surface area (Å²) in [5.74, 6) is 0.337. The van der Waals surface area contributed by atoms with Crippen LogP contribution < -0.4 is 11.1 Å². The van der Waals surface area contributed by atoms with Crippen LogP contribution >= 0.6 is 34.5 Å². The van der Waals surface area contributed by atoms with E-state index >= 15 is 0 Å². The first-order valence-corrected chi connectivity index (χ1v) is 9.13. The molecular formula is C17H13Cl2N5S. The number of aromatic nitrogens is 3. The number of rotatable bonds is 2. The predicted molar refractivity (Wildman–Crippen MR) is 105 cm³/mol. The van der Waals surface area contributed by atoms with Crippen molar-refractivity contribution in [2.45, 2.75) is 12.4 Å². The Morgan fingerprint density at radius 3 is 2.64 bits per heavy atom. The van der Waals surface area contributed by atoms with Gasteiger partial charge in [-0.1, -0.05) is 23.2 Å². The number of thiophene rings is 1. The van der Waals surface area contributed by atoms with Crippen LogP contribution in [0.5, 0.6) is 0 Å². The minimum atomic E-state index is -0.316. The average molecular weight is 390 g/mol. The van der Waals surface area contributed by atoms with Crippen molar-refractivity contribution in [3.63, 3.8) is 0 Å². The molecule has 3 N–H and O–H groups in total. The van der Waals surface area contributed by atoms with Crippen molar-refractivity contribution in [3.8, 4) is 10.6 Å². The molecule has 25 heavy (non-hydrogen) atoms. The summed E-state index contributed by atoms with van der Waals surface area (Å²) >= 11 is 13.9. The molecule has 8 heteroatoms. The van der Waals surface area contributed by atoms with Crippen LogP contribution in [-0.4, -0.2) is 20.5 Å².